The molecule has 0 bridgehead atoms. The van der Waals surface area contributed by atoms with E-state index in [0.717, 1.165) is 23.3 Å². The first-order valence-electron chi connectivity index (χ1n) is 8.36. The summed E-state index contributed by atoms with van der Waals surface area (Å²) in [4.78, 5) is 19.7. The van der Waals surface area contributed by atoms with E-state index in [0.29, 0.717) is 19.5 Å². The molecule has 4 heteroatoms. The minimum atomic E-state index is -0.0839. The number of rotatable bonds is 6. The van der Waals surface area contributed by atoms with Crippen LogP contribution in [-0.2, 0) is 16.2 Å². The Kier molecular flexibility index (Phi) is 5.26. The summed E-state index contributed by atoms with van der Waals surface area (Å²) in [6, 6.07) is 20.1. The highest BCUT2D eigenvalue weighted by atomic mass is 16.6. The first-order valence-corrected chi connectivity index (χ1v) is 8.36. The normalized spacial score (nSPS) is 16.4. The van der Waals surface area contributed by atoms with E-state index in [1.54, 1.807) is 0 Å². The molecule has 1 atom stereocenters. The zero-order valence-electron chi connectivity index (χ0n) is 13.9. The van der Waals surface area contributed by atoms with E-state index in [9.17, 15) is 4.79 Å². The minimum absolute atomic E-state index is 0.0839. The highest BCUT2D eigenvalue weighted by Gasteiger charge is 2.26. The van der Waals surface area contributed by atoms with E-state index in [1.807, 2.05) is 72.5 Å². The van der Waals surface area contributed by atoms with Crippen molar-refractivity contribution in [3.05, 3.63) is 71.8 Å². The van der Waals surface area contributed by atoms with Gasteiger partial charge in [-0.25, -0.2) is 0 Å². The molecule has 1 aliphatic heterocycles. The van der Waals surface area contributed by atoms with E-state index >= 15 is 0 Å². The van der Waals surface area contributed by atoms with Gasteiger partial charge in [0.15, 0.2) is 6.10 Å². The maximum absolute atomic E-state index is 12.3. The Bertz CT molecular complexity index is 698. The first kappa shape index (κ1) is 16.2. The zero-order valence-corrected chi connectivity index (χ0v) is 13.9. The van der Waals surface area contributed by atoms with Crippen molar-refractivity contribution in [2.45, 2.75) is 32.4 Å². The highest BCUT2D eigenvalue weighted by molar-refractivity contribution is 6.01. The number of hydrogen-bond acceptors (Lipinski definition) is 3. The van der Waals surface area contributed by atoms with Crippen molar-refractivity contribution in [2.75, 3.05) is 6.54 Å². The number of hydrogen-bond donors (Lipinski definition) is 0. The fourth-order valence-electron chi connectivity index (χ4n) is 2.86. The average molecular weight is 322 g/mol. The van der Waals surface area contributed by atoms with E-state index in [4.69, 9.17) is 4.84 Å². The van der Waals surface area contributed by atoms with Crippen LogP contribution in [0.15, 0.2) is 65.8 Å². The van der Waals surface area contributed by atoms with Crippen LogP contribution in [0.5, 0.6) is 0 Å². The van der Waals surface area contributed by atoms with Gasteiger partial charge in [-0.1, -0.05) is 72.7 Å². The zero-order chi connectivity index (χ0) is 16.8. The Morgan fingerprint density at radius 3 is 2.46 bits per heavy atom. The van der Waals surface area contributed by atoms with Crippen LogP contribution in [0.25, 0.3) is 0 Å². The molecule has 0 unspecified atom stereocenters. The van der Waals surface area contributed by atoms with Gasteiger partial charge in [0.1, 0.15) is 0 Å². The molecule has 4 nitrogen and oxygen atoms in total. The predicted molar refractivity (Wildman–Crippen MR) is 94.6 cm³/mol. The van der Waals surface area contributed by atoms with Gasteiger partial charge in [-0.2, -0.15) is 0 Å². The Labute approximate surface area is 142 Å². The number of amides is 1. The Balaban J connectivity index is 1.63. The third kappa shape index (κ3) is 4.02. The fraction of sp³-hybridized carbons (Fsp3) is 0.300. The number of benzene rings is 2. The lowest BCUT2D eigenvalue weighted by atomic mass is 10.0. The van der Waals surface area contributed by atoms with Gasteiger partial charge in [-0.3, -0.25) is 4.79 Å². The van der Waals surface area contributed by atoms with Crippen molar-refractivity contribution < 1.29 is 9.63 Å². The summed E-state index contributed by atoms with van der Waals surface area (Å²) >= 11 is 0. The molecule has 1 aliphatic rings. The first-order chi connectivity index (χ1) is 11.8. The molecular weight excluding hydrogens is 300 g/mol. The molecule has 124 valence electrons. The van der Waals surface area contributed by atoms with Crippen LogP contribution in [0.1, 0.15) is 30.9 Å². The van der Waals surface area contributed by atoms with Crippen molar-refractivity contribution in [1.29, 1.82) is 0 Å². The second kappa shape index (κ2) is 7.77. The summed E-state index contributed by atoms with van der Waals surface area (Å²) in [5.74, 6) is 0.135. The molecule has 0 aromatic heterocycles. The van der Waals surface area contributed by atoms with E-state index in [-0.39, 0.29) is 12.0 Å². The monoisotopic (exact) mass is 322 g/mol. The summed E-state index contributed by atoms with van der Waals surface area (Å²) in [7, 11) is 0. The van der Waals surface area contributed by atoms with Crippen molar-refractivity contribution in [1.82, 2.24) is 4.90 Å². The fourth-order valence-corrected chi connectivity index (χ4v) is 2.86. The molecule has 1 heterocycles. The molecule has 0 N–H and O–H groups in total. The summed E-state index contributed by atoms with van der Waals surface area (Å²) in [6.07, 6.45) is 1.14. The summed E-state index contributed by atoms with van der Waals surface area (Å²) in [5.41, 5.74) is 3.15. The molecule has 0 saturated carbocycles. The quantitative estimate of drug-likeness (QED) is 0.815. The van der Waals surface area contributed by atoms with Crippen molar-refractivity contribution >= 4 is 11.6 Å². The van der Waals surface area contributed by atoms with Crippen LogP contribution < -0.4 is 0 Å². The second-order valence-electron chi connectivity index (χ2n) is 5.95. The summed E-state index contributed by atoms with van der Waals surface area (Å²) < 4.78 is 0. The lowest BCUT2D eigenvalue weighted by molar-refractivity contribution is -0.133. The van der Waals surface area contributed by atoms with Crippen LogP contribution >= 0.6 is 0 Å². The largest absolute Gasteiger partial charge is 0.390 e. The van der Waals surface area contributed by atoms with Gasteiger partial charge < -0.3 is 9.74 Å². The number of carbonyl (C=O) groups excluding carboxylic acids is 1. The van der Waals surface area contributed by atoms with E-state index < -0.39 is 0 Å². The molecule has 24 heavy (non-hydrogen) atoms. The van der Waals surface area contributed by atoms with Crippen LogP contribution in [0.3, 0.4) is 0 Å². The third-order valence-electron chi connectivity index (χ3n) is 4.14. The van der Waals surface area contributed by atoms with Gasteiger partial charge >= 0.3 is 0 Å². The smallest absolute Gasteiger partial charge is 0.222 e. The molecule has 0 saturated heterocycles. The van der Waals surface area contributed by atoms with Crippen LogP contribution in [0, 0.1) is 0 Å². The van der Waals surface area contributed by atoms with E-state index in [1.165, 1.54) is 0 Å². The second-order valence-corrected chi connectivity index (χ2v) is 5.95. The SMILES string of the molecule is CCC(=O)N(Cc1ccccc1)C[C@@H]1CC(c2ccccc2)=NO1. The summed E-state index contributed by atoms with van der Waals surface area (Å²) in [5, 5.41) is 4.21. The predicted octanol–water partition coefficient (Wildman–Crippen LogP) is 3.62. The molecule has 0 radical (unpaired) electrons. The van der Waals surface area contributed by atoms with Gasteiger partial charge in [0.05, 0.1) is 12.3 Å². The topological polar surface area (TPSA) is 41.9 Å². The van der Waals surface area contributed by atoms with Gasteiger partial charge in [0.2, 0.25) is 5.91 Å². The Hall–Kier alpha value is -2.62. The lowest BCUT2D eigenvalue weighted by Crippen LogP contribution is -2.36. The standard InChI is InChI=1S/C20H22N2O2/c1-2-20(23)22(14-16-9-5-3-6-10-16)15-18-13-19(21-24-18)17-11-7-4-8-12-17/h3-12,18H,2,13-15H2,1H3/t18-/m0/s1. The molecule has 3 rings (SSSR count). The molecule has 0 fully saturated rings. The van der Waals surface area contributed by atoms with Crippen molar-refractivity contribution in [3.8, 4) is 0 Å². The maximum atomic E-state index is 12.3. The molecule has 0 spiro atoms. The molecular formula is C20H22N2O2. The lowest BCUT2D eigenvalue weighted by Gasteiger charge is -2.24. The van der Waals surface area contributed by atoms with Gasteiger partial charge in [0, 0.05) is 19.4 Å². The minimum Gasteiger partial charge on any atom is -0.390 e. The highest BCUT2D eigenvalue weighted by Crippen LogP contribution is 2.19. The molecule has 0 aliphatic carbocycles. The van der Waals surface area contributed by atoms with Crippen LogP contribution in [0.4, 0.5) is 0 Å². The van der Waals surface area contributed by atoms with Crippen LogP contribution in [0.2, 0.25) is 0 Å². The third-order valence-corrected chi connectivity index (χ3v) is 4.14. The van der Waals surface area contributed by atoms with Gasteiger partial charge in [0.25, 0.3) is 0 Å². The van der Waals surface area contributed by atoms with E-state index in [2.05, 4.69) is 5.16 Å². The van der Waals surface area contributed by atoms with Gasteiger partial charge in [-0.05, 0) is 11.1 Å². The molecule has 1 amide bonds. The maximum Gasteiger partial charge on any atom is 0.222 e. The Morgan fingerprint density at radius 1 is 1.12 bits per heavy atom. The van der Waals surface area contributed by atoms with Crippen molar-refractivity contribution in [3.63, 3.8) is 0 Å². The van der Waals surface area contributed by atoms with Crippen LogP contribution in [-0.4, -0.2) is 29.2 Å². The molecule has 2 aromatic rings. The molecule has 2 aromatic carbocycles. The van der Waals surface area contributed by atoms with Gasteiger partial charge in [-0.15, -0.1) is 0 Å². The number of nitrogens with zero attached hydrogens (tertiary/aromatic N) is 2. The number of carbonyl (C=O) groups is 1. The summed E-state index contributed by atoms with van der Waals surface area (Å²) in [6.45, 7) is 3.05. The Morgan fingerprint density at radius 2 is 1.79 bits per heavy atom. The average Bonchev–Trinajstić information content (AvgIpc) is 3.11. The number of oxime groups is 1. The van der Waals surface area contributed by atoms with Crippen molar-refractivity contribution in [2.24, 2.45) is 5.16 Å².